The zero-order chi connectivity index (χ0) is 17.8. The van der Waals surface area contributed by atoms with Gasteiger partial charge in [0.2, 0.25) is 0 Å². The van der Waals surface area contributed by atoms with Crippen molar-refractivity contribution in [3.05, 3.63) is 58.9 Å². The number of benzene rings is 2. The number of hydrogen-bond acceptors (Lipinski definition) is 5. The van der Waals surface area contributed by atoms with E-state index in [9.17, 15) is 14.3 Å². The zero-order valence-electron chi connectivity index (χ0n) is 13.5. The fourth-order valence-corrected chi connectivity index (χ4v) is 2.57. The number of halogens is 1. The summed E-state index contributed by atoms with van der Waals surface area (Å²) < 4.78 is 36.2. The molecule has 1 heterocycles. The molecule has 132 valence electrons. The second kappa shape index (κ2) is 7.50. The molecular formula is C18H17FO6. The Hall–Kier alpha value is -2.64. The highest BCUT2D eigenvalue weighted by atomic mass is 19.1. The molecule has 2 aromatic rings. The first kappa shape index (κ1) is 17.2. The van der Waals surface area contributed by atoms with Crippen molar-refractivity contribution < 1.29 is 33.2 Å². The SMILES string of the molecule is COc1c(F)c(C(=O)O)cc(C2OCCO2)c1OCc1ccccc1. The summed E-state index contributed by atoms with van der Waals surface area (Å²) >= 11 is 0. The molecule has 6 nitrogen and oxygen atoms in total. The number of aromatic carboxylic acids is 1. The molecule has 0 unspecified atom stereocenters. The maximum atomic E-state index is 14.5. The molecule has 0 radical (unpaired) electrons. The van der Waals surface area contributed by atoms with E-state index in [0.717, 1.165) is 11.6 Å². The zero-order valence-corrected chi connectivity index (χ0v) is 13.5. The van der Waals surface area contributed by atoms with E-state index in [1.165, 1.54) is 7.11 Å². The van der Waals surface area contributed by atoms with Crippen LogP contribution in [0.25, 0.3) is 0 Å². The van der Waals surface area contributed by atoms with Crippen LogP contribution in [-0.4, -0.2) is 31.4 Å². The molecule has 1 aliphatic heterocycles. The predicted molar refractivity (Wildman–Crippen MR) is 85.3 cm³/mol. The van der Waals surface area contributed by atoms with Crippen molar-refractivity contribution in [2.24, 2.45) is 0 Å². The molecule has 25 heavy (non-hydrogen) atoms. The average Bonchev–Trinajstić information content (AvgIpc) is 3.15. The van der Waals surface area contributed by atoms with Crippen LogP contribution < -0.4 is 9.47 Å². The molecule has 0 aliphatic carbocycles. The second-order valence-electron chi connectivity index (χ2n) is 5.34. The van der Waals surface area contributed by atoms with Crippen molar-refractivity contribution >= 4 is 5.97 Å². The minimum Gasteiger partial charge on any atom is -0.490 e. The van der Waals surface area contributed by atoms with Crippen molar-refractivity contribution in [3.8, 4) is 11.5 Å². The van der Waals surface area contributed by atoms with Gasteiger partial charge in [0.05, 0.1) is 31.5 Å². The molecule has 0 saturated carbocycles. The molecule has 2 aromatic carbocycles. The maximum absolute atomic E-state index is 14.5. The van der Waals surface area contributed by atoms with E-state index >= 15 is 0 Å². The van der Waals surface area contributed by atoms with E-state index in [4.69, 9.17) is 18.9 Å². The molecule has 0 spiro atoms. The topological polar surface area (TPSA) is 74.2 Å². The van der Waals surface area contributed by atoms with E-state index in [1.807, 2.05) is 30.3 Å². The highest BCUT2D eigenvalue weighted by molar-refractivity contribution is 5.89. The molecule has 1 fully saturated rings. The molecule has 0 bridgehead atoms. The highest BCUT2D eigenvalue weighted by Gasteiger charge is 2.30. The molecule has 1 aliphatic rings. The molecular weight excluding hydrogens is 331 g/mol. The van der Waals surface area contributed by atoms with Crippen molar-refractivity contribution in [2.75, 3.05) is 20.3 Å². The van der Waals surface area contributed by atoms with Gasteiger partial charge in [-0.25, -0.2) is 9.18 Å². The number of carbonyl (C=O) groups is 1. The number of hydrogen-bond donors (Lipinski definition) is 1. The van der Waals surface area contributed by atoms with Crippen LogP contribution in [0.3, 0.4) is 0 Å². The standard InChI is InChI=1S/C18H17FO6/c1-22-16-14(19)12(17(20)21)9-13(18-23-7-8-24-18)15(16)25-10-11-5-3-2-4-6-11/h2-6,9,18H,7-8,10H2,1H3,(H,20,21). The summed E-state index contributed by atoms with van der Waals surface area (Å²) in [5.74, 6) is -2.63. The van der Waals surface area contributed by atoms with Gasteiger partial charge in [-0.3, -0.25) is 0 Å². The van der Waals surface area contributed by atoms with Gasteiger partial charge in [0.25, 0.3) is 0 Å². The Morgan fingerprint density at radius 2 is 1.92 bits per heavy atom. The van der Waals surface area contributed by atoms with Crippen LogP contribution in [-0.2, 0) is 16.1 Å². The Kier molecular flexibility index (Phi) is 5.16. The molecule has 0 amide bonds. The van der Waals surface area contributed by atoms with Gasteiger partial charge >= 0.3 is 5.97 Å². The average molecular weight is 348 g/mol. The van der Waals surface area contributed by atoms with Crippen molar-refractivity contribution in [2.45, 2.75) is 12.9 Å². The lowest BCUT2D eigenvalue weighted by atomic mass is 10.1. The summed E-state index contributed by atoms with van der Waals surface area (Å²) in [6.07, 6.45) is -0.835. The van der Waals surface area contributed by atoms with Crippen LogP contribution in [0.2, 0.25) is 0 Å². The Balaban J connectivity index is 2.03. The van der Waals surface area contributed by atoms with Crippen LogP contribution in [0, 0.1) is 5.82 Å². The molecule has 1 N–H and O–H groups in total. The Bertz CT molecular complexity index is 756. The number of carboxylic acid groups (broad SMARTS) is 1. The Morgan fingerprint density at radius 1 is 1.24 bits per heavy atom. The second-order valence-corrected chi connectivity index (χ2v) is 5.34. The fourth-order valence-electron chi connectivity index (χ4n) is 2.57. The lowest BCUT2D eigenvalue weighted by molar-refractivity contribution is -0.0461. The third-order valence-corrected chi connectivity index (χ3v) is 3.74. The molecule has 1 saturated heterocycles. The van der Waals surface area contributed by atoms with Gasteiger partial charge in [-0.1, -0.05) is 30.3 Å². The largest absolute Gasteiger partial charge is 0.490 e. The Morgan fingerprint density at radius 3 is 2.52 bits per heavy atom. The number of rotatable bonds is 6. The van der Waals surface area contributed by atoms with E-state index in [2.05, 4.69) is 0 Å². The molecule has 0 aromatic heterocycles. The van der Waals surface area contributed by atoms with Crippen molar-refractivity contribution in [3.63, 3.8) is 0 Å². The van der Waals surface area contributed by atoms with E-state index in [1.54, 1.807) is 0 Å². The van der Waals surface area contributed by atoms with Crippen LogP contribution in [0.4, 0.5) is 4.39 Å². The molecule has 7 heteroatoms. The van der Waals surface area contributed by atoms with Gasteiger partial charge in [0.1, 0.15) is 6.61 Å². The third-order valence-electron chi connectivity index (χ3n) is 3.74. The van der Waals surface area contributed by atoms with Crippen LogP contribution in [0.1, 0.15) is 27.8 Å². The first-order valence-electron chi connectivity index (χ1n) is 7.65. The van der Waals surface area contributed by atoms with Crippen molar-refractivity contribution in [1.82, 2.24) is 0 Å². The van der Waals surface area contributed by atoms with Gasteiger partial charge in [-0.2, -0.15) is 0 Å². The summed E-state index contributed by atoms with van der Waals surface area (Å²) in [5, 5.41) is 9.23. The van der Waals surface area contributed by atoms with Gasteiger partial charge in [-0.15, -0.1) is 0 Å². The van der Waals surface area contributed by atoms with Crippen LogP contribution in [0.15, 0.2) is 36.4 Å². The van der Waals surface area contributed by atoms with Crippen molar-refractivity contribution in [1.29, 1.82) is 0 Å². The Labute approximate surface area is 143 Å². The van der Waals surface area contributed by atoms with Crippen LogP contribution >= 0.6 is 0 Å². The van der Waals surface area contributed by atoms with Gasteiger partial charge in [-0.05, 0) is 11.6 Å². The minimum atomic E-state index is -1.41. The normalized spacial score (nSPS) is 14.5. The number of carboxylic acids is 1. The third kappa shape index (κ3) is 3.57. The lowest BCUT2D eigenvalue weighted by Gasteiger charge is -2.20. The van der Waals surface area contributed by atoms with Crippen LogP contribution in [0.5, 0.6) is 11.5 Å². The van der Waals surface area contributed by atoms with E-state index in [0.29, 0.717) is 13.2 Å². The van der Waals surface area contributed by atoms with Gasteiger partial charge < -0.3 is 24.1 Å². The summed E-state index contributed by atoms with van der Waals surface area (Å²) in [5.41, 5.74) is 0.619. The fraction of sp³-hybridized carbons (Fsp3) is 0.278. The lowest BCUT2D eigenvalue weighted by Crippen LogP contribution is -2.11. The molecule has 0 atom stereocenters. The maximum Gasteiger partial charge on any atom is 0.338 e. The number of methoxy groups -OCH3 is 1. The van der Waals surface area contributed by atoms with E-state index < -0.39 is 23.6 Å². The predicted octanol–water partition coefficient (Wildman–Crippen LogP) is 3.16. The highest BCUT2D eigenvalue weighted by Crippen LogP contribution is 2.42. The summed E-state index contributed by atoms with van der Waals surface area (Å²) in [6, 6.07) is 10.5. The monoisotopic (exact) mass is 348 g/mol. The first-order chi connectivity index (χ1) is 12.1. The minimum absolute atomic E-state index is 0.0701. The molecule has 3 rings (SSSR count). The summed E-state index contributed by atoms with van der Waals surface area (Å²) in [4.78, 5) is 11.3. The number of ether oxygens (including phenoxy) is 4. The summed E-state index contributed by atoms with van der Waals surface area (Å²) in [7, 11) is 1.25. The smallest absolute Gasteiger partial charge is 0.338 e. The van der Waals surface area contributed by atoms with E-state index in [-0.39, 0.29) is 23.7 Å². The van der Waals surface area contributed by atoms with Gasteiger partial charge in [0, 0.05) is 0 Å². The first-order valence-corrected chi connectivity index (χ1v) is 7.65. The van der Waals surface area contributed by atoms with Gasteiger partial charge in [0.15, 0.2) is 23.6 Å². The quantitative estimate of drug-likeness (QED) is 0.864. The summed E-state index contributed by atoms with van der Waals surface area (Å²) in [6.45, 7) is 0.860.